The number of nitrogens with two attached hydrogens (primary N) is 1. The third-order valence-corrected chi connectivity index (χ3v) is 1.61. The van der Waals surface area contributed by atoms with Gasteiger partial charge < -0.3 is 10.5 Å². The summed E-state index contributed by atoms with van der Waals surface area (Å²) in [5.41, 5.74) is 5.55. The van der Waals surface area contributed by atoms with E-state index in [-0.39, 0.29) is 0 Å². The summed E-state index contributed by atoms with van der Waals surface area (Å²) in [6.07, 6.45) is 1.72. The highest BCUT2D eigenvalue weighted by Crippen LogP contribution is 2.07. The molecule has 1 heterocycles. The highest BCUT2D eigenvalue weighted by Gasteiger charge is 2.13. The van der Waals surface area contributed by atoms with E-state index in [1.807, 2.05) is 0 Å². The number of methoxy groups -OCH3 is 1. The first-order valence-electron chi connectivity index (χ1n) is 3.48. The Morgan fingerprint density at radius 3 is 2.83 bits per heavy atom. The molecule has 4 heteroatoms. The molecule has 0 saturated heterocycles. The van der Waals surface area contributed by atoms with E-state index < -0.39 is 5.91 Å². The van der Waals surface area contributed by atoms with Crippen LogP contribution in [0.3, 0.4) is 0 Å². The Morgan fingerprint density at radius 1 is 1.67 bits per heavy atom. The molecule has 2 N–H and O–H groups in total. The van der Waals surface area contributed by atoms with Crippen molar-refractivity contribution in [1.29, 1.82) is 0 Å². The normalized spacial score (nSPS) is 9.50. The van der Waals surface area contributed by atoms with E-state index in [0.717, 1.165) is 0 Å². The fraction of sp³-hybridized carbons (Fsp3) is 0.250. The van der Waals surface area contributed by atoms with E-state index in [1.165, 1.54) is 0 Å². The van der Waals surface area contributed by atoms with Crippen molar-refractivity contribution in [1.82, 2.24) is 0 Å². The van der Waals surface area contributed by atoms with Crippen LogP contribution in [0.4, 0.5) is 0 Å². The van der Waals surface area contributed by atoms with Crippen LogP contribution in [0.5, 0.6) is 5.75 Å². The maximum absolute atomic E-state index is 10.8. The number of hydrogen-bond acceptors (Lipinski definition) is 2. The smallest absolute Gasteiger partial charge is 0.313 e. The number of rotatable bonds is 2. The Bertz CT molecular complexity index is 310. The van der Waals surface area contributed by atoms with Crippen LogP contribution in [0.2, 0.25) is 0 Å². The highest BCUT2D eigenvalue weighted by molar-refractivity contribution is 5.89. The summed E-state index contributed by atoms with van der Waals surface area (Å²) in [6.45, 7) is 0. The van der Waals surface area contributed by atoms with Crippen LogP contribution in [0.15, 0.2) is 18.3 Å². The second-order valence-electron chi connectivity index (χ2n) is 2.43. The first kappa shape index (κ1) is 8.52. The summed E-state index contributed by atoms with van der Waals surface area (Å²) in [4.78, 5) is 10.8. The maximum Gasteiger partial charge on any atom is 0.313 e. The fourth-order valence-corrected chi connectivity index (χ4v) is 0.922. The van der Waals surface area contributed by atoms with Crippen molar-refractivity contribution < 1.29 is 14.1 Å². The van der Waals surface area contributed by atoms with E-state index in [0.29, 0.717) is 11.4 Å². The van der Waals surface area contributed by atoms with Crippen LogP contribution in [0.1, 0.15) is 10.5 Å². The van der Waals surface area contributed by atoms with Crippen LogP contribution in [-0.2, 0) is 7.05 Å². The van der Waals surface area contributed by atoms with Gasteiger partial charge in [0.2, 0.25) is 0 Å². The van der Waals surface area contributed by atoms with Gasteiger partial charge in [0.1, 0.15) is 12.8 Å². The molecule has 0 radical (unpaired) electrons. The molecular weight excluding hydrogens is 156 g/mol. The molecule has 0 atom stereocenters. The molecule has 0 bridgehead atoms. The molecule has 0 aromatic carbocycles. The predicted molar refractivity (Wildman–Crippen MR) is 42.7 cm³/mol. The summed E-state index contributed by atoms with van der Waals surface area (Å²) in [6, 6.07) is 3.36. The maximum atomic E-state index is 10.8. The summed E-state index contributed by atoms with van der Waals surface area (Å²) >= 11 is 0. The van der Waals surface area contributed by atoms with Crippen molar-refractivity contribution in [2.75, 3.05) is 7.11 Å². The average Bonchev–Trinajstić information content (AvgIpc) is 2.05. The van der Waals surface area contributed by atoms with Crippen molar-refractivity contribution >= 4 is 5.91 Å². The summed E-state index contributed by atoms with van der Waals surface area (Å²) in [7, 11) is 3.29. The van der Waals surface area contributed by atoms with Gasteiger partial charge >= 0.3 is 5.91 Å². The van der Waals surface area contributed by atoms with Crippen LogP contribution in [-0.4, -0.2) is 13.0 Å². The quantitative estimate of drug-likeness (QED) is 0.610. The number of aryl methyl sites for hydroxylation is 1. The van der Waals surface area contributed by atoms with Gasteiger partial charge in [-0.1, -0.05) is 0 Å². The molecule has 1 amide bonds. The van der Waals surface area contributed by atoms with Crippen LogP contribution in [0.25, 0.3) is 0 Å². The molecule has 0 aliphatic carbocycles. The van der Waals surface area contributed by atoms with Gasteiger partial charge in [-0.15, -0.1) is 0 Å². The van der Waals surface area contributed by atoms with Gasteiger partial charge in [-0.05, 0) is 0 Å². The number of ether oxygens (including phenoxy) is 1. The molecule has 0 aliphatic rings. The van der Waals surface area contributed by atoms with Crippen LogP contribution >= 0.6 is 0 Å². The molecule has 12 heavy (non-hydrogen) atoms. The number of carbonyl (C=O) groups is 1. The van der Waals surface area contributed by atoms with Crippen molar-refractivity contribution in [2.45, 2.75) is 0 Å². The standard InChI is InChI=1S/C8H10N2O2/c1-10-4-3-6(12-2)5-7(10)8(9)11/h3-5H,1-2H3,(H-,9,11)/p+1. The second-order valence-corrected chi connectivity index (χ2v) is 2.43. The van der Waals surface area contributed by atoms with Gasteiger partial charge in [-0.25, -0.2) is 0 Å². The zero-order valence-corrected chi connectivity index (χ0v) is 7.07. The molecule has 0 fully saturated rings. The monoisotopic (exact) mass is 167 g/mol. The fourth-order valence-electron chi connectivity index (χ4n) is 0.922. The third kappa shape index (κ3) is 1.53. The first-order chi connectivity index (χ1) is 5.65. The lowest BCUT2D eigenvalue weighted by atomic mass is 10.3. The number of carbonyl (C=O) groups excluding carboxylic acids is 1. The van der Waals surface area contributed by atoms with Gasteiger partial charge in [0.25, 0.3) is 5.69 Å². The minimum atomic E-state index is -0.462. The van der Waals surface area contributed by atoms with Crippen molar-refractivity contribution in [3.05, 3.63) is 24.0 Å². The molecule has 1 aromatic heterocycles. The summed E-state index contributed by atoms with van der Waals surface area (Å²) < 4.78 is 6.58. The molecule has 1 rings (SSSR count). The Morgan fingerprint density at radius 2 is 2.33 bits per heavy atom. The Labute approximate surface area is 70.6 Å². The van der Waals surface area contributed by atoms with E-state index >= 15 is 0 Å². The lowest BCUT2D eigenvalue weighted by molar-refractivity contribution is -0.673. The molecule has 64 valence electrons. The molecule has 1 aromatic rings. The van der Waals surface area contributed by atoms with Crippen LogP contribution in [0, 0.1) is 0 Å². The number of nitrogens with zero attached hydrogens (tertiary/aromatic N) is 1. The van der Waals surface area contributed by atoms with Gasteiger partial charge in [0, 0.05) is 6.07 Å². The number of pyridine rings is 1. The molecule has 0 spiro atoms. The number of primary amides is 1. The molecular formula is C8H11N2O2+. The molecule has 0 unspecified atom stereocenters. The van der Waals surface area contributed by atoms with E-state index in [9.17, 15) is 4.79 Å². The second kappa shape index (κ2) is 3.21. The Kier molecular flexibility index (Phi) is 2.28. The average molecular weight is 167 g/mol. The van der Waals surface area contributed by atoms with E-state index in [4.69, 9.17) is 10.5 Å². The van der Waals surface area contributed by atoms with Gasteiger partial charge in [0.15, 0.2) is 6.20 Å². The Hall–Kier alpha value is -1.58. The van der Waals surface area contributed by atoms with Gasteiger partial charge in [0.05, 0.1) is 13.2 Å². The van der Waals surface area contributed by atoms with Gasteiger partial charge in [-0.2, -0.15) is 4.57 Å². The van der Waals surface area contributed by atoms with Gasteiger partial charge in [-0.3, -0.25) is 4.79 Å². The topological polar surface area (TPSA) is 56.2 Å². The SMILES string of the molecule is COc1cc[n+](C)c(C(N)=O)c1. The minimum Gasteiger partial charge on any atom is -0.496 e. The number of amides is 1. The minimum absolute atomic E-state index is 0.425. The molecule has 0 aliphatic heterocycles. The molecule has 4 nitrogen and oxygen atoms in total. The largest absolute Gasteiger partial charge is 0.496 e. The zero-order valence-electron chi connectivity index (χ0n) is 7.07. The van der Waals surface area contributed by atoms with E-state index in [2.05, 4.69) is 0 Å². The highest BCUT2D eigenvalue weighted by atomic mass is 16.5. The predicted octanol–water partition coefficient (Wildman–Crippen LogP) is -0.381. The Balaban J connectivity index is 3.17. The lowest BCUT2D eigenvalue weighted by Gasteiger charge is -1.99. The van der Waals surface area contributed by atoms with Crippen molar-refractivity contribution in [3.63, 3.8) is 0 Å². The third-order valence-electron chi connectivity index (χ3n) is 1.61. The number of hydrogen-bond donors (Lipinski definition) is 1. The van der Waals surface area contributed by atoms with Crippen molar-refractivity contribution in [2.24, 2.45) is 12.8 Å². The first-order valence-corrected chi connectivity index (χ1v) is 3.48. The molecule has 0 saturated carbocycles. The zero-order chi connectivity index (χ0) is 9.14. The summed E-state index contributed by atoms with van der Waals surface area (Å²) in [5.74, 6) is 0.165. The van der Waals surface area contributed by atoms with Crippen LogP contribution < -0.4 is 15.0 Å². The van der Waals surface area contributed by atoms with Crippen molar-refractivity contribution in [3.8, 4) is 5.75 Å². The lowest BCUT2D eigenvalue weighted by Crippen LogP contribution is -2.38. The number of aromatic nitrogens is 1. The van der Waals surface area contributed by atoms with E-state index in [1.54, 1.807) is 37.1 Å². The summed E-state index contributed by atoms with van der Waals surface area (Å²) in [5, 5.41) is 0.